The predicted octanol–water partition coefficient (Wildman–Crippen LogP) is 4.04. The van der Waals surface area contributed by atoms with Gasteiger partial charge in [0.2, 0.25) is 10.0 Å². The van der Waals surface area contributed by atoms with Crippen molar-refractivity contribution < 1.29 is 17.9 Å². The summed E-state index contributed by atoms with van der Waals surface area (Å²) in [7, 11) is -1.95. The molecule has 1 aromatic heterocycles. The third-order valence-corrected chi connectivity index (χ3v) is 8.92. The van der Waals surface area contributed by atoms with E-state index in [2.05, 4.69) is 4.99 Å². The predicted molar refractivity (Wildman–Crippen MR) is 126 cm³/mol. The number of carbonyl (C=O) groups is 1. The molecule has 1 saturated heterocycles. The number of carbonyl (C=O) groups excluding carboxylic acids is 1. The molecule has 9 heteroatoms. The minimum atomic E-state index is -3.57. The van der Waals surface area contributed by atoms with Crippen LogP contribution in [-0.2, 0) is 16.6 Å². The van der Waals surface area contributed by atoms with Crippen LogP contribution in [0.5, 0.6) is 5.75 Å². The molecule has 0 N–H and O–H groups in total. The van der Waals surface area contributed by atoms with Gasteiger partial charge in [0.05, 0.1) is 16.7 Å². The normalized spacial score (nSPS) is 18.2. The van der Waals surface area contributed by atoms with Gasteiger partial charge < -0.3 is 9.30 Å². The summed E-state index contributed by atoms with van der Waals surface area (Å²) in [6.07, 6.45) is 2.78. The van der Waals surface area contributed by atoms with Crippen molar-refractivity contribution >= 4 is 37.5 Å². The maximum absolute atomic E-state index is 13.0. The van der Waals surface area contributed by atoms with E-state index in [0.717, 1.165) is 35.2 Å². The average Bonchev–Trinajstić information content (AvgIpc) is 3.16. The van der Waals surface area contributed by atoms with E-state index in [-0.39, 0.29) is 10.9 Å². The molecule has 7 nitrogen and oxygen atoms in total. The van der Waals surface area contributed by atoms with Crippen molar-refractivity contribution in [2.45, 2.75) is 50.6 Å². The highest BCUT2D eigenvalue weighted by Gasteiger charge is 2.30. The molecule has 0 spiro atoms. The Balaban J connectivity index is 1.66. The van der Waals surface area contributed by atoms with E-state index in [1.54, 1.807) is 11.4 Å². The Morgan fingerprint density at radius 2 is 1.94 bits per heavy atom. The molecule has 1 atom stereocenters. The number of para-hydroxylation sites is 1. The number of nitrogens with zero attached hydrogens (tertiary/aromatic N) is 3. The van der Waals surface area contributed by atoms with Crippen LogP contribution in [0, 0.1) is 0 Å². The van der Waals surface area contributed by atoms with Crippen LogP contribution in [0.25, 0.3) is 10.2 Å². The number of rotatable bonds is 5. The third-order valence-electron chi connectivity index (χ3n) is 5.85. The SMILES string of the molecule is CCn1c(=NC(=O)c2ccc(S(=O)(=O)N3CCCC[C@@H]3C)cc2)sc2cccc(OC)c21. The van der Waals surface area contributed by atoms with E-state index in [1.807, 2.05) is 36.6 Å². The molecule has 0 unspecified atom stereocenters. The molecule has 0 bridgehead atoms. The molecule has 0 aliphatic carbocycles. The maximum Gasteiger partial charge on any atom is 0.279 e. The Morgan fingerprint density at radius 1 is 1.19 bits per heavy atom. The number of sulfonamides is 1. The molecule has 0 saturated carbocycles. The Bertz CT molecular complexity index is 1310. The van der Waals surface area contributed by atoms with E-state index < -0.39 is 15.9 Å². The fourth-order valence-electron chi connectivity index (χ4n) is 4.13. The summed E-state index contributed by atoms with van der Waals surface area (Å²) >= 11 is 1.42. The lowest BCUT2D eigenvalue weighted by molar-refractivity contribution is 0.0997. The lowest BCUT2D eigenvalue weighted by Crippen LogP contribution is -2.41. The van der Waals surface area contributed by atoms with Crippen molar-refractivity contribution in [3.8, 4) is 5.75 Å². The largest absolute Gasteiger partial charge is 0.495 e. The zero-order valence-corrected chi connectivity index (χ0v) is 20.1. The minimum absolute atomic E-state index is 0.0144. The number of methoxy groups -OCH3 is 1. The van der Waals surface area contributed by atoms with Crippen LogP contribution in [0.15, 0.2) is 52.4 Å². The molecule has 2 heterocycles. The molecular weight excluding hydrogens is 446 g/mol. The van der Waals surface area contributed by atoms with Gasteiger partial charge in [0, 0.05) is 24.7 Å². The van der Waals surface area contributed by atoms with Crippen molar-refractivity contribution in [2.75, 3.05) is 13.7 Å². The first-order valence-electron chi connectivity index (χ1n) is 10.7. The quantitative estimate of drug-likeness (QED) is 0.560. The van der Waals surface area contributed by atoms with Crippen LogP contribution in [0.1, 0.15) is 43.5 Å². The van der Waals surface area contributed by atoms with Gasteiger partial charge in [-0.05, 0) is 63.1 Å². The summed E-state index contributed by atoms with van der Waals surface area (Å²) in [6.45, 7) is 5.10. The highest BCUT2D eigenvalue weighted by molar-refractivity contribution is 7.89. The first-order chi connectivity index (χ1) is 15.4. The zero-order chi connectivity index (χ0) is 22.9. The van der Waals surface area contributed by atoms with Crippen LogP contribution < -0.4 is 9.54 Å². The van der Waals surface area contributed by atoms with Crippen LogP contribution in [-0.4, -0.2) is 42.9 Å². The van der Waals surface area contributed by atoms with E-state index in [9.17, 15) is 13.2 Å². The second kappa shape index (κ2) is 9.17. The number of benzene rings is 2. The number of hydrogen-bond donors (Lipinski definition) is 0. The topological polar surface area (TPSA) is 81.0 Å². The molecule has 1 fully saturated rings. The fourth-order valence-corrected chi connectivity index (χ4v) is 6.94. The number of thiazole rings is 1. The lowest BCUT2D eigenvalue weighted by atomic mass is 10.1. The monoisotopic (exact) mass is 473 g/mol. The molecule has 4 rings (SSSR count). The lowest BCUT2D eigenvalue weighted by Gasteiger charge is -2.32. The average molecular weight is 474 g/mol. The molecular formula is C23H27N3O4S2. The van der Waals surface area contributed by atoms with Crippen LogP contribution in [0.3, 0.4) is 0 Å². The van der Waals surface area contributed by atoms with Gasteiger partial charge in [0.25, 0.3) is 5.91 Å². The summed E-state index contributed by atoms with van der Waals surface area (Å²) in [6, 6.07) is 11.8. The highest BCUT2D eigenvalue weighted by atomic mass is 32.2. The Kier molecular flexibility index (Phi) is 6.50. The first kappa shape index (κ1) is 22.7. The zero-order valence-electron chi connectivity index (χ0n) is 18.4. The van der Waals surface area contributed by atoms with Crippen molar-refractivity contribution in [1.29, 1.82) is 0 Å². The number of piperidine rings is 1. The second-order valence-corrected chi connectivity index (χ2v) is 10.7. The van der Waals surface area contributed by atoms with Crippen molar-refractivity contribution in [2.24, 2.45) is 4.99 Å². The molecule has 3 aromatic rings. The van der Waals surface area contributed by atoms with Gasteiger partial charge in [-0.1, -0.05) is 23.8 Å². The maximum atomic E-state index is 13.0. The standard InChI is InChI=1S/C23H27N3O4S2/c1-4-25-21-19(30-3)9-7-10-20(21)31-23(25)24-22(27)17-11-13-18(14-12-17)32(28,29)26-15-6-5-8-16(26)2/h7,9-14,16H,4-6,8,15H2,1-3H3/t16-/m0/s1. The van der Waals surface area contributed by atoms with Crippen LogP contribution >= 0.6 is 11.3 Å². The number of amides is 1. The highest BCUT2D eigenvalue weighted by Crippen LogP contribution is 2.28. The Morgan fingerprint density at radius 3 is 2.59 bits per heavy atom. The summed E-state index contributed by atoms with van der Waals surface area (Å²) < 4.78 is 36.0. The van der Waals surface area contributed by atoms with Gasteiger partial charge in [-0.25, -0.2) is 8.42 Å². The van der Waals surface area contributed by atoms with Gasteiger partial charge >= 0.3 is 0 Å². The van der Waals surface area contributed by atoms with E-state index >= 15 is 0 Å². The number of hydrogen-bond acceptors (Lipinski definition) is 5. The smallest absolute Gasteiger partial charge is 0.279 e. The Hall–Kier alpha value is -2.49. The Labute approximate surface area is 192 Å². The van der Waals surface area contributed by atoms with Gasteiger partial charge in [-0.3, -0.25) is 4.79 Å². The van der Waals surface area contributed by atoms with Gasteiger partial charge in [-0.15, -0.1) is 0 Å². The minimum Gasteiger partial charge on any atom is -0.495 e. The second-order valence-electron chi connectivity index (χ2n) is 7.84. The first-order valence-corrected chi connectivity index (χ1v) is 13.0. The summed E-state index contributed by atoms with van der Waals surface area (Å²) in [5, 5.41) is 0. The number of aryl methyl sites for hydroxylation is 1. The molecule has 1 aliphatic heterocycles. The van der Waals surface area contributed by atoms with Gasteiger partial charge in [0.15, 0.2) is 4.80 Å². The fraction of sp³-hybridized carbons (Fsp3) is 0.391. The van der Waals surface area contributed by atoms with E-state index in [1.165, 1.54) is 35.6 Å². The molecule has 32 heavy (non-hydrogen) atoms. The van der Waals surface area contributed by atoms with E-state index in [4.69, 9.17) is 4.74 Å². The number of aromatic nitrogens is 1. The number of ether oxygens (including phenoxy) is 1. The van der Waals surface area contributed by atoms with Crippen molar-refractivity contribution in [3.63, 3.8) is 0 Å². The van der Waals surface area contributed by atoms with Gasteiger partial charge in [0.1, 0.15) is 11.3 Å². The summed E-state index contributed by atoms with van der Waals surface area (Å²) in [5.74, 6) is 0.323. The number of fused-ring (bicyclic) bond motifs is 1. The molecule has 0 radical (unpaired) electrons. The summed E-state index contributed by atoms with van der Waals surface area (Å²) in [5.41, 5.74) is 1.26. The molecule has 1 aliphatic rings. The van der Waals surface area contributed by atoms with Crippen molar-refractivity contribution in [3.05, 3.63) is 52.8 Å². The van der Waals surface area contributed by atoms with Crippen LogP contribution in [0.4, 0.5) is 0 Å². The summed E-state index contributed by atoms with van der Waals surface area (Å²) in [4.78, 5) is 18.0. The van der Waals surface area contributed by atoms with Gasteiger partial charge in [-0.2, -0.15) is 9.30 Å². The molecule has 1 amide bonds. The molecule has 170 valence electrons. The molecule has 2 aromatic carbocycles. The third kappa shape index (κ3) is 4.12. The van der Waals surface area contributed by atoms with Crippen LogP contribution in [0.2, 0.25) is 0 Å². The van der Waals surface area contributed by atoms with Crippen molar-refractivity contribution in [1.82, 2.24) is 8.87 Å². The van der Waals surface area contributed by atoms with E-state index in [0.29, 0.717) is 23.5 Å².